The van der Waals surface area contributed by atoms with Gasteiger partial charge in [-0.3, -0.25) is 4.79 Å². The average Bonchev–Trinajstić information content (AvgIpc) is 2.75. The number of carbonyl (C=O) groups excluding carboxylic acids is 1. The molecule has 19 heavy (non-hydrogen) atoms. The molecule has 100 valence electrons. The fraction of sp³-hybridized carbons (Fsp3) is 0.357. The van der Waals surface area contributed by atoms with Crippen LogP contribution in [0.3, 0.4) is 0 Å². The van der Waals surface area contributed by atoms with E-state index in [9.17, 15) is 4.79 Å². The number of aromatic nitrogens is 1. The summed E-state index contributed by atoms with van der Waals surface area (Å²) in [7, 11) is 1.98. The van der Waals surface area contributed by atoms with E-state index in [4.69, 9.17) is 0 Å². The number of piperazine rings is 1. The second kappa shape index (κ2) is 4.98. The van der Waals surface area contributed by atoms with Crippen LogP contribution < -0.4 is 5.32 Å². The number of nitrogens with one attached hydrogen (secondary N) is 1. The van der Waals surface area contributed by atoms with Gasteiger partial charge in [-0.1, -0.05) is 15.9 Å². The molecule has 0 spiro atoms. The van der Waals surface area contributed by atoms with Crippen molar-refractivity contribution in [2.24, 2.45) is 7.05 Å². The Morgan fingerprint density at radius 1 is 1.32 bits per heavy atom. The SMILES string of the molecule is Cn1cc(C(=O)N2CCNCC2)c2cc(Br)ccc21. The maximum absolute atomic E-state index is 12.6. The third kappa shape index (κ3) is 2.28. The van der Waals surface area contributed by atoms with Gasteiger partial charge in [-0.15, -0.1) is 0 Å². The lowest BCUT2D eigenvalue weighted by Gasteiger charge is -2.27. The zero-order valence-electron chi connectivity index (χ0n) is 10.8. The number of amides is 1. The van der Waals surface area contributed by atoms with Crippen LogP contribution in [-0.2, 0) is 7.05 Å². The molecule has 5 heteroatoms. The maximum atomic E-state index is 12.6. The predicted octanol–water partition coefficient (Wildman–Crippen LogP) is 1.99. The number of hydrogen-bond acceptors (Lipinski definition) is 2. The van der Waals surface area contributed by atoms with E-state index in [0.717, 1.165) is 47.1 Å². The first kappa shape index (κ1) is 12.7. The normalized spacial score (nSPS) is 16.0. The van der Waals surface area contributed by atoms with Crippen molar-refractivity contribution < 1.29 is 4.79 Å². The molecule has 1 saturated heterocycles. The number of rotatable bonds is 1. The van der Waals surface area contributed by atoms with Gasteiger partial charge in [0.25, 0.3) is 5.91 Å². The van der Waals surface area contributed by atoms with Crippen LogP contribution in [-0.4, -0.2) is 41.6 Å². The Morgan fingerprint density at radius 3 is 2.79 bits per heavy atom. The quantitative estimate of drug-likeness (QED) is 0.872. The van der Waals surface area contributed by atoms with Crippen LogP contribution in [0, 0.1) is 0 Å². The molecule has 0 bridgehead atoms. The molecule has 1 fully saturated rings. The molecular weight excluding hydrogens is 306 g/mol. The molecule has 0 aliphatic carbocycles. The molecule has 4 nitrogen and oxygen atoms in total. The van der Waals surface area contributed by atoms with Crippen molar-refractivity contribution in [2.75, 3.05) is 26.2 Å². The van der Waals surface area contributed by atoms with E-state index in [2.05, 4.69) is 21.2 Å². The summed E-state index contributed by atoms with van der Waals surface area (Å²) in [5.41, 5.74) is 1.88. The largest absolute Gasteiger partial charge is 0.350 e. The van der Waals surface area contributed by atoms with Crippen LogP contribution in [0.4, 0.5) is 0 Å². The molecule has 0 unspecified atom stereocenters. The van der Waals surface area contributed by atoms with Crippen molar-refractivity contribution >= 4 is 32.7 Å². The van der Waals surface area contributed by atoms with Gasteiger partial charge in [-0.2, -0.15) is 0 Å². The standard InChI is InChI=1S/C14H16BrN3O/c1-17-9-12(11-8-10(15)2-3-13(11)17)14(19)18-6-4-16-5-7-18/h2-3,8-9,16H,4-7H2,1H3. The van der Waals surface area contributed by atoms with Gasteiger partial charge < -0.3 is 14.8 Å². The van der Waals surface area contributed by atoms with E-state index >= 15 is 0 Å². The van der Waals surface area contributed by atoms with Crippen molar-refractivity contribution in [2.45, 2.75) is 0 Å². The van der Waals surface area contributed by atoms with Crippen molar-refractivity contribution in [1.29, 1.82) is 0 Å². The summed E-state index contributed by atoms with van der Waals surface area (Å²) >= 11 is 3.48. The average molecular weight is 322 g/mol. The van der Waals surface area contributed by atoms with Gasteiger partial charge in [-0.25, -0.2) is 0 Å². The van der Waals surface area contributed by atoms with E-state index in [1.807, 2.05) is 40.9 Å². The smallest absolute Gasteiger partial charge is 0.256 e. The molecule has 1 aliphatic heterocycles. The summed E-state index contributed by atoms with van der Waals surface area (Å²) in [6.07, 6.45) is 1.93. The first-order valence-corrected chi connectivity index (χ1v) is 7.21. The predicted molar refractivity (Wildman–Crippen MR) is 79.4 cm³/mol. The third-order valence-electron chi connectivity index (χ3n) is 3.59. The Bertz CT molecular complexity index is 629. The Kier molecular flexibility index (Phi) is 3.33. The van der Waals surface area contributed by atoms with Gasteiger partial charge in [-0.05, 0) is 18.2 Å². The van der Waals surface area contributed by atoms with E-state index in [-0.39, 0.29) is 5.91 Å². The van der Waals surface area contributed by atoms with E-state index in [1.54, 1.807) is 0 Å². The number of halogens is 1. The lowest BCUT2D eigenvalue weighted by molar-refractivity contribution is 0.0737. The third-order valence-corrected chi connectivity index (χ3v) is 4.08. The Hall–Kier alpha value is -1.33. The van der Waals surface area contributed by atoms with Crippen molar-refractivity contribution in [3.8, 4) is 0 Å². The van der Waals surface area contributed by atoms with Gasteiger partial charge in [0.1, 0.15) is 0 Å². The van der Waals surface area contributed by atoms with E-state index in [0.29, 0.717) is 0 Å². The lowest BCUT2D eigenvalue weighted by atomic mass is 10.1. The molecule has 0 radical (unpaired) electrons. The molecule has 0 saturated carbocycles. The van der Waals surface area contributed by atoms with Crippen molar-refractivity contribution in [3.05, 3.63) is 34.4 Å². The number of fused-ring (bicyclic) bond motifs is 1. The first-order valence-electron chi connectivity index (χ1n) is 6.41. The summed E-state index contributed by atoms with van der Waals surface area (Å²) in [6, 6.07) is 6.06. The highest BCUT2D eigenvalue weighted by molar-refractivity contribution is 9.10. The van der Waals surface area contributed by atoms with E-state index in [1.165, 1.54) is 0 Å². The molecule has 3 rings (SSSR count). The van der Waals surface area contributed by atoms with Crippen molar-refractivity contribution in [1.82, 2.24) is 14.8 Å². The highest BCUT2D eigenvalue weighted by atomic mass is 79.9. The van der Waals surface area contributed by atoms with Gasteiger partial charge in [0, 0.05) is 54.8 Å². The Morgan fingerprint density at radius 2 is 2.05 bits per heavy atom. The summed E-state index contributed by atoms with van der Waals surface area (Å²) in [6.45, 7) is 3.31. The van der Waals surface area contributed by atoms with Gasteiger partial charge in [0.2, 0.25) is 0 Å². The first-order chi connectivity index (χ1) is 9.16. The molecule has 1 N–H and O–H groups in total. The summed E-state index contributed by atoms with van der Waals surface area (Å²) in [5.74, 6) is 0.130. The van der Waals surface area contributed by atoms with Gasteiger partial charge in [0.05, 0.1) is 5.56 Å². The fourth-order valence-electron chi connectivity index (χ4n) is 2.57. The maximum Gasteiger partial charge on any atom is 0.256 e. The fourth-order valence-corrected chi connectivity index (χ4v) is 2.93. The Labute approximate surface area is 120 Å². The van der Waals surface area contributed by atoms with Gasteiger partial charge in [0.15, 0.2) is 0 Å². The topological polar surface area (TPSA) is 37.3 Å². The second-order valence-corrected chi connectivity index (χ2v) is 5.77. The molecular formula is C14H16BrN3O. The Balaban J connectivity index is 2.04. The van der Waals surface area contributed by atoms with Crippen LogP contribution in [0.1, 0.15) is 10.4 Å². The van der Waals surface area contributed by atoms with Crippen LogP contribution >= 0.6 is 15.9 Å². The number of aryl methyl sites for hydroxylation is 1. The minimum absolute atomic E-state index is 0.130. The molecule has 2 aromatic rings. The summed E-state index contributed by atoms with van der Waals surface area (Å²) in [5, 5.41) is 4.28. The second-order valence-electron chi connectivity index (χ2n) is 4.86. The van der Waals surface area contributed by atoms with Crippen LogP contribution in [0.25, 0.3) is 10.9 Å². The van der Waals surface area contributed by atoms with Crippen LogP contribution in [0.15, 0.2) is 28.9 Å². The summed E-state index contributed by atoms with van der Waals surface area (Å²) in [4.78, 5) is 14.5. The zero-order valence-corrected chi connectivity index (χ0v) is 12.4. The number of nitrogens with zero attached hydrogens (tertiary/aromatic N) is 2. The number of benzene rings is 1. The van der Waals surface area contributed by atoms with Crippen LogP contribution in [0.5, 0.6) is 0 Å². The molecule has 1 aromatic heterocycles. The summed E-state index contributed by atoms with van der Waals surface area (Å²) < 4.78 is 3.01. The van der Waals surface area contributed by atoms with Crippen LogP contribution in [0.2, 0.25) is 0 Å². The molecule has 1 aromatic carbocycles. The molecule has 1 amide bonds. The highest BCUT2D eigenvalue weighted by Gasteiger charge is 2.21. The molecule has 1 aliphatic rings. The molecule has 2 heterocycles. The monoisotopic (exact) mass is 321 g/mol. The minimum atomic E-state index is 0.130. The van der Waals surface area contributed by atoms with Crippen molar-refractivity contribution in [3.63, 3.8) is 0 Å². The minimum Gasteiger partial charge on any atom is -0.350 e. The van der Waals surface area contributed by atoms with Gasteiger partial charge >= 0.3 is 0 Å². The zero-order chi connectivity index (χ0) is 13.4. The number of carbonyl (C=O) groups is 1. The highest BCUT2D eigenvalue weighted by Crippen LogP contribution is 2.25. The van der Waals surface area contributed by atoms with E-state index < -0.39 is 0 Å². The lowest BCUT2D eigenvalue weighted by Crippen LogP contribution is -2.46. The number of hydrogen-bond donors (Lipinski definition) is 1. The molecule has 0 atom stereocenters.